The van der Waals surface area contributed by atoms with E-state index >= 15 is 0 Å². The van der Waals surface area contributed by atoms with E-state index in [1.165, 1.54) is 0 Å². The van der Waals surface area contributed by atoms with Gasteiger partial charge in [0.2, 0.25) is 0 Å². The van der Waals surface area contributed by atoms with Crippen molar-refractivity contribution in [1.82, 2.24) is 19.7 Å². The lowest BCUT2D eigenvalue weighted by Gasteiger charge is -2.40. The van der Waals surface area contributed by atoms with Crippen LogP contribution in [-0.4, -0.2) is 81.9 Å². The average molecular weight is 385 g/mol. The molecule has 2 fully saturated rings. The summed E-state index contributed by atoms with van der Waals surface area (Å²) in [4.78, 5) is 39.8. The molecule has 1 aromatic heterocycles. The first-order valence-electron chi connectivity index (χ1n) is 9.71. The van der Waals surface area contributed by atoms with Gasteiger partial charge in [-0.25, -0.2) is 9.79 Å². The Morgan fingerprint density at radius 1 is 1.18 bits per heavy atom. The quantitative estimate of drug-likeness (QED) is 0.732. The molecular weight excluding hydrogens is 358 g/mol. The van der Waals surface area contributed by atoms with Gasteiger partial charge in [-0.2, -0.15) is 0 Å². The molecule has 1 amide bonds. The van der Waals surface area contributed by atoms with E-state index in [1.807, 2.05) is 49.8 Å². The van der Waals surface area contributed by atoms with E-state index in [-0.39, 0.29) is 24.0 Å². The highest BCUT2D eigenvalue weighted by Gasteiger charge is 2.49. The van der Waals surface area contributed by atoms with Crippen LogP contribution in [-0.2, 0) is 9.53 Å². The molecule has 3 aliphatic rings. The molecule has 0 aliphatic carbocycles. The average Bonchev–Trinajstić information content (AvgIpc) is 3.22. The fraction of sp³-hybridized carbons (Fsp3) is 0.600. The number of ether oxygens (including phenoxy) is 1. The van der Waals surface area contributed by atoms with E-state index < -0.39 is 11.6 Å². The molecule has 0 radical (unpaired) electrons. The number of rotatable bonds is 1. The SMILES string of the molecule is CN1CC(=O)C(c2ccncc2)N=C1N1C[C@@H]2CC1CN2C(=O)OC(C)(C)C. The first kappa shape index (κ1) is 18.7. The number of carbonyl (C=O) groups is 2. The smallest absolute Gasteiger partial charge is 0.410 e. The van der Waals surface area contributed by atoms with Gasteiger partial charge in [0.05, 0.1) is 18.6 Å². The topological polar surface area (TPSA) is 78.3 Å². The van der Waals surface area contributed by atoms with Crippen LogP contribution in [0, 0.1) is 0 Å². The normalized spacial score (nSPS) is 27.3. The van der Waals surface area contributed by atoms with Gasteiger partial charge < -0.3 is 19.4 Å². The zero-order chi connectivity index (χ0) is 20.1. The summed E-state index contributed by atoms with van der Waals surface area (Å²) in [5.41, 5.74) is 0.370. The van der Waals surface area contributed by atoms with Gasteiger partial charge in [-0.1, -0.05) is 0 Å². The molecule has 2 bridgehead atoms. The van der Waals surface area contributed by atoms with E-state index in [4.69, 9.17) is 9.73 Å². The first-order chi connectivity index (χ1) is 13.2. The van der Waals surface area contributed by atoms with E-state index in [9.17, 15) is 9.59 Å². The number of Topliss-reactive ketones (excluding diaryl/α,β-unsaturated/α-hetero) is 1. The number of nitrogens with zero attached hydrogens (tertiary/aromatic N) is 5. The maximum Gasteiger partial charge on any atom is 0.410 e. The molecule has 28 heavy (non-hydrogen) atoms. The molecule has 150 valence electrons. The lowest BCUT2D eigenvalue weighted by molar-refractivity contribution is -0.121. The van der Waals surface area contributed by atoms with Crippen molar-refractivity contribution in [2.45, 2.75) is 50.9 Å². The van der Waals surface area contributed by atoms with Crippen molar-refractivity contribution in [1.29, 1.82) is 0 Å². The van der Waals surface area contributed by atoms with E-state index in [0.717, 1.165) is 17.9 Å². The molecule has 8 heteroatoms. The van der Waals surface area contributed by atoms with Crippen LogP contribution in [0.3, 0.4) is 0 Å². The second-order valence-electron chi connectivity index (χ2n) is 8.76. The van der Waals surface area contributed by atoms with Gasteiger partial charge in [0.25, 0.3) is 0 Å². The summed E-state index contributed by atoms with van der Waals surface area (Å²) in [6.45, 7) is 7.31. The molecule has 3 aliphatic heterocycles. The summed E-state index contributed by atoms with van der Waals surface area (Å²) >= 11 is 0. The van der Waals surface area contributed by atoms with Gasteiger partial charge in [-0.3, -0.25) is 9.78 Å². The number of guanidine groups is 1. The number of piperazine rings is 1. The third-order valence-electron chi connectivity index (χ3n) is 5.43. The molecule has 8 nitrogen and oxygen atoms in total. The number of amides is 1. The first-order valence-corrected chi connectivity index (χ1v) is 9.71. The van der Waals surface area contributed by atoms with Crippen molar-refractivity contribution in [2.24, 2.45) is 4.99 Å². The van der Waals surface area contributed by atoms with Gasteiger partial charge in [-0.05, 0) is 44.9 Å². The predicted octanol–water partition coefficient (Wildman–Crippen LogP) is 1.69. The largest absolute Gasteiger partial charge is 0.444 e. The number of hydrogen-bond donors (Lipinski definition) is 0. The minimum absolute atomic E-state index is 0.0807. The summed E-state index contributed by atoms with van der Waals surface area (Å²) in [6.07, 6.45) is 4.03. The Labute approximate surface area is 165 Å². The number of likely N-dealkylation sites (N-methyl/N-ethyl adjacent to an activating group) is 1. The number of carbonyl (C=O) groups excluding carboxylic acids is 2. The van der Waals surface area contributed by atoms with Gasteiger partial charge >= 0.3 is 6.09 Å². The van der Waals surface area contributed by atoms with Crippen LogP contribution in [0.25, 0.3) is 0 Å². The maximum atomic E-state index is 12.5. The minimum atomic E-state index is -0.496. The zero-order valence-corrected chi connectivity index (χ0v) is 16.8. The highest BCUT2D eigenvalue weighted by molar-refractivity contribution is 5.96. The van der Waals surface area contributed by atoms with Gasteiger partial charge in [-0.15, -0.1) is 0 Å². The Balaban J connectivity index is 1.51. The molecule has 4 rings (SSSR count). The highest BCUT2D eigenvalue weighted by atomic mass is 16.6. The molecule has 0 aromatic carbocycles. The van der Waals surface area contributed by atoms with Crippen molar-refractivity contribution in [3.05, 3.63) is 30.1 Å². The van der Waals surface area contributed by atoms with Crippen molar-refractivity contribution < 1.29 is 14.3 Å². The third-order valence-corrected chi connectivity index (χ3v) is 5.43. The Morgan fingerprint density at radius 2 is 1.89 bits per heavy atom. The minimum Gasteiger partial charge on any atom is -0.444 e. The van der Waals surface area contributed by atoms with E-state index in [0.29, 0.717) is 19.6 Å². The number of likely N-dealkylation sites (tertiary alicyclic amines) is 2. The Hall–Kier alpha value is -2.64. The van der Waals surface area contributed by atoms with Crippen LogP contribution in [0.15, 0.2) is 29.5 Å². The van der Waals surface area contributed by atoms with Crippen LogP contribution in [0.2, 0.25) is 0 Å². The Bertz CT molecular complexity index is 804. The molecule has 2 saturated heterocycles. The molecule has 0 spiro atoms. The summed E-state index contributed by atoms with van der Waals surface area (Å²) in [7, 11) is 1.90. The van der Waals surface area contributed by atoms with Crippen molar-refractivity contribution >= 4 is 17.8 Å². The van der Waals surface area contributed by atoms with Gasteiger partial charge in [0.1, 0.15) is 11.6 Å². The standard InChI is InChI=1S/C20H27N5O3/c1-20(2,3)28-19(27)25-11-14-9-15(25)10-24(14)18-22-17(16(26)12-23(18)4)13-5-7-21-8-6-13/h5-8,14-15,17H,9-12H2,1-4H3/t14?,15-,17?/m0/s1. The molecule has 3 atom stereocenters. The summed E-state index contributed by atoms with van der Waals surface area (Å²) in [5.74, 6) is 0.912. The molecule has 0 saturated carbocycles. The van der Waals surface area contributed by atoms with Crippen LogP contribution >= 0.6 is 0 Å². The van der Waals surface area contributed by atoms with Gasteiger partial charge in [0, 0.05) is 32.5 Å². The number of ketones is 1. The summed E-state index contributed by atoms with van der Waals surface area (Å²) in [6, 6.07) is 3.51. The van der Waals surface area contributed by atoms with Crippen LogP contribution in [0.1, 0.15) is 38.8 Å². The molecule has 2 unspecified atom stereocenters. The molecule has 0 N–H and O–H groups in total. The fourth-order valence-corrected chi connectivity index (χ4v) is 4.23. The zero-order valence-electron chi connectivity index (χ0n) is 16.8. The number of fused-ring (bicyclic) bond motifs is 2. The second-order valence-corrected chi connectivity index (χ2v) is 8.76. The summed E-state index contributed by atoms with van der Waals surface area (Å²) < 4.78 is 5.54. The fourth-order valence-electron chi connectivity index (χ4n) is 4.23. The maximum absolute atomic E-state index is 12.5. The van der Waals surface area contributed by atoms with Crippen molar-refractivity contribution in [2.75, 3.05) is 26.7 Å². The lowest BCUT2D eigenvalue weighted by atomic mass is 10.0. The van der Waals surface area contributed by atoms with Gasteiger partial charge in [0.15, 0.2) is 11.7 Å². The van der Waals surface area contributed by atoms with E-state index in [2.05, 4.69) is 9.88 Å². The second kappa shape index (κ2) is 6.76. The Kier molecular flexibility index (Phi) is 4.51. The number of aliphatic imine (C=N–C) groups is 1. The Morgan fingerprint density at radius 3 is 2.50 bits per heavy atom. The van der Waals surface area contributed by atoms with Crippen LogP contribution in [0.5, 0.6) is 0 Å². The molecular formula is C20H27N5O3. The van der Waals surface area contributed by atoms with Crippen LogP contribution in [0.4, 0.5) is 4.79 Å². The third kappa shape index (κ3) is 3.43. The molecule has 1 aromatic rings. The number of pyridine rings is 1. The highest BCUT2D eigenvalue weighted by Crippen LogP contribution is 2.34. The molecule has 4 heterocycles. The van der Waals surface area contributed by atoms with Crippen molar-refractivity contribution in [3.63, 3.8) is 0 Å². The van der Waals surface area contributed by atoms with Crippen LogP contribution < -0.4 is 0 Å². The van der Waals surface area contributed by atoms with Crippen molar-refractivity contribution in [3.8, 4) is 0 Å². The number of aromatic nitrogens is 1. The number of hydrogen-bond acceptors (Lipinski definition) is 7. The monoisotopic (exact) mass is 385 g/mol. The predicted molar refractivity (Wildman–Crippen MR) is 104 cm³/mol. The summed E-state index contributed by atoms with van der Waals surface area (Å²) in [5, 5.41) is 0. The lowest BCUT2D eigenvalue weighted by Crippen LogP contribution is -2.56. The van der Waals surface area contributed by atoms with E-state index in [1.54, 1.807) is 12.4 Å².